The van der Waals surface area contributed by atoms with E-state index in [1.54, 1.807) is 0 Å². The lowest BCUT2D eigenvalue weighted by Crippen LogP contribution is -2.24. The number of hydrogen-bond donors (Lipinski definition) is 0. The molecular weight excluding hydrogens is 303 g/mol. The standard InChI is InChI=1S/C13H12F3N3O3/c14-13(15,16)7-5-8-10(12(20)21)18-19(11(8)17-6-7)9-3-1-2-4-22-9/h5-6,9H,1-4H2,(H,20,21)/p-1. The number of aromatic carboxylic acids is 1. The van der Waals surface area contributed by atoms with Gasteiger partial charge in [0.25, 0.3) is 0 Å². The highest BCUT2D eigenvalue weighted by atomic mass is 19.4. The zero-order valence-corrected chi connectivity index (χ0v) is 11.3. The molecule has 22 heavy (non-hydrogen) atoms. The Labute approximate surface area is 122 Å². The maximum atomic E-state index is 12.8. The van der Waals surface area contributed by atoms with Crippen molar-refractivity contribution in [2.24, 2.45) is 0 Å². The van der Waals surface area contributed by atoms with Gasteiger partial charge in [-0.3, -0.25) is 0 Å². The summed E-state index contributed by atoms with van der Waals surface area (Å²) >= 11 is 0. The van der Waals surface area contributed by atoms with E-state index in [1.807, 2.05) is 0 Å². The summed E-state index contributed by atoms with van der Waals surface area (Å²) in [6.45, 7) is 0.479. The smallest absolute Gasteiger partial charge is 0.417 e. The number of carbonyl (C=O) groups is 1. The van der Waals surface area contributed by atoms with E-state index >= 15 is 0 Å². The minimum absolute atomic E-state index is 0.0408. The van der Waals surface area contributed by atoms with Gasteiger partial charge in [-0.25, -0.2) is 9.67 Å². The number of pyridine rings is 1. The van der Waals surface area contributed by atoms with Gasteiger partial charge < -0.3 is 14.6 Å². The van der Waals surface area contributed by atoms with Gasteiger partial charge in [-0.1, -0.05) is 0 Å². The van der Waals surface area contributed by atoms with Crippen molar-refractivity contribution in [1.29, 1.82) is 0 Å². The van der Waals surface area contributed by atoms with Crippen molar-refractivity contribution in [2.75, 3.05) is 6.61 Å². The average Bonchev–Trinajstić information content (AvgIpc) is 2.86. The zero-order valence-electron chi connectivity index (χ0n) is 11.3. The van der Waals surface area contributed by atoms with Crippen molar-refractivity contribution in [3.8, 4) is 0 Å². The van der Waals surface area contributed by atoms with E-state index in [1.165, 1.54) is 4.68 Å². The Morgan fingerprint density at radius 1 is 1.41 bits per heavy atom. The van der Waals surface area contributed by atoms with Gasteiger partial charge in [-0.05, 0) is 25.3 Å². The molecule has 0 N–H and O–H groups in total. The number of hydrogen-bond acceptors (Lipinski definition) is 5. The normalized spacial score (nSPS) is 19.5. The van der Waals surface area contributed by atoms with Crippen molar-refractivity contribution >= 4 is 17.0 Å². The van der Waals surface area contributed by atoms with Crippen LogP contribution in [-0.4, -0.2) is 27.3 Å². The van der Waals surface area contributed by atoms with Crippen LogP contribution in [0.15, 0.2) is 12.3 Å². The van der Waals surface area contributed by atoms with Crippen molar-refractivity contribution < 1.29 is 27.8 Å². The molecule has 0 amide bonds. The first-order valence-electron chi connectivity index (χ1n) is 6.66. The first kappa shape index (κ1) is 14.8. The second-order valence-electron chi connectivity index (χ2n) is 4.99. The van der Waals surface area contributed by atoms with Gasteiger partial charge in [0.15, 0.2) is 11.9 Å². The predicted molar refractivity (Wildman–Crippen MR) is 65.7 cm³/mol. The van der Waals surface area contributed by atoms with Crippen molar-refractivity contribution in [2.45, 2.75) is 31.7 Å². The van der Waals surface area contributed by atoms with Crippen LogP contribution in [-0.2, 0) is 10.9 Å². The Hall–Kier alpha value is -2.16. The quantitative estimate of drug-likeness (QED) is 0.839. The minimum Gasteiger partial charge on any atom is -0.543 e. The molecule has 1 aliphatic rings. The Bertz CT molecular complexity index is 720. The fourth-order valence-electron chi connectivity index (χ4n) is 2.45. The summed E-state index contributed by atoms with van der Waals surface area (Å²) in [6, 6.07) is 0.722. The molecule has 3 rings (SSSR count). The number of halogens is 3. The van der Waals surface area contributed by atoms with Crippen LogP contribution in [0.5, 0.6) is 0 Å². The number of carboxylic acid groups (broad SMARTS) is 1. The maximum absolute atomic E-state index is 12.8. The summed E-state index contributed by atoms with van der Waals surface area (Å²) in [7, 11) is 0. The Morgan fingerprint density at radius 2 is 2.18 bits per heavy atom. The molecular formula is C13H11F3N3O3-. The number of rotatable bonds is 2. The molecule has 1 unspecified atom stereocenters. The number of nitrogens with zero attached hydrogens (tertiary/aromatic N) is 3. The van der Waals surface area contributed by atoms with Gasteiger partial charge >= 0.3 is 6.18 Å². The summed E-state index contributed by atoms with van der Waals surface area (Å²) in [5.41, 5.74) is -1.56. The Balaban J connectivity index is 2.16. The molecule has 1 aliphatic heterocycles. The molecule has 2 aromatic heterocycles. The van der Waals surface area contributed by atoms with Crippen LogP contribution in [0.3, 0.4) is 0 Å². The lowest BCUT2D eigenvalue weighted by molar-refractivity contribution is -0.255. The monoisotopic (exact) mass is 314 g/mol. The van der Waals surface area contributed by atoms with Crippen LogP contribution in [0, 0.1) is 0 Å². The summed E-state index contributed by atoms with van der Waals surface area (Å²) in [5, 5.41) is 14.8. The first-order valence-corrected chi connectivity index (χ1v) is 6.66. The molecule has 118 valence electrons. The Morgan fingerprint density at radius 3 is 2.77 bits per heavy atom. The SMILES string of the molecule is O=C([O-])c1nn(C2CCCCO2)c2ncc(C(F)(F)F)cc12. The van der Waals surface area contributed by atoms with Crippen LogP contribution in [0.25, 0.3) is 11.0 Å². The lowest BCUT2D eigenvalue weighted by atomic mass is 10.2. The average molecular weight is 314 g/mol. The van der Waals surface area contributed by atoms with Crippen molar-refractivity contribution in [3.05, 3.63) is 23.5 Å². The fourth-order valence-corrected chi connectivity index (χ4v) is 2.45. The van der Waals surface area contributed by atoms with Crippen LogP contribution in [0.1, 0.15) is 41.5 Å². The molecule has 0 radical (unpaired) electrons. The van der Waals surface area contributed by atoms with Gasteiger partial charge in [0.2, 0.25) is 0 Å². The van der Waals surface area contributed by atoms with Crippen LogP contribution in [0.4, 0.5) is 13.2 Å². The highest BCUT2D eigenvalue weighted by molar-refractivity contribution is 5.99. The molecule has 6 nitrogen and oxygen atoms in total. The van der Waals surface area contributed by atoms with E-state index in [9.17, 15) is 23.1 Å². The number of carboxylic acids is 1. The van der Waals surface area contributed by atoms with E-state index < -0.39 is 29.6 Å². The number of aromatic nitrogens is 3. The summed E-state index contributed by atoms with van der Waals surface area (Å²) < 4.78 is 45.0. The van der Waals surface area contributed by atoms with Gasteiger partial charge in [-0.15, -0.1) is 0 Å². The molecule has 3 heterocycles. The molecule has 2 aromatic rings. The van der Waals surface area contributed by atoms with Crippen LogP contribution in [0.2, 0.25) is 0 Å². The number of alkyl halides is 3. The molecule has 0 saturated carbocycles. The largest absolute Gasteiger partial charge is 0.543 e. The van der Waals surface area contributed by atoms with E-state index in [0.29, 0.717) is 19.2 Å². The molecule has 0 bridgehead atoms. The van der Waals surface area contributed by atoms with Gasteiger partial charge in [-0.2, -0.15) is 18.3 Å². The predicted octanol–water partition coefficient (Wildman–Crippen LogP) is 1.51. The van der Waals surface area contributed by atoms with E-state index in [4.69, 9.17) is 4.74 Å². The number of ether oxygens (including phenoxy) is 1. The minimum atomic E-state index is -4.62. The molecule has 1 fully saturated rings. The molecule has 0 spiro atoms. The maximum Gasteiger partial charge on any atom is 0.417 e. The molecule has 1 atom stereocenters. The fraction of sp³-hybridized carbons (Fsp3) is 0.462. The zero-order chi connectivity index (χ0) is 15.9. The van der Waals surface area contributed by atoms with Gasteiger partial charge in [0, 0.05) is 18.2 Å². The second kappa shape index (κ2) is 5.24. The van der Waals surface area contributed by atoms with E-state index in [2.05, 4.69) is 10.1 Å². The van der Waals surface area contributed by atoms with Crippen molar-refractivity contribution in [1.82, 2.24) is 14.8 Å². The summed E-state index contributed by atoms with van der Waals surface area (Å²) in [5.74, 6) is -1.65. The molecule has 1 saturated heterocycles. The number of carbonyl (C=O) groups excluding carboxylic acids is 1. The second-order valence-corrected chi connectivity index (χ2v) is 4.99. The molecule has 0 aromatic carbocycles. The van der Waals surface area contributed by atoms with Gasteiger partial charge in [0.05, 0.1) is 11.5 Å². The highest BCUT2D eigenvalue weighted by Gasteiger charge is 2.32. The molecule has 0 aliphatic carbocycles. The van der Waals surface area contributed by atoms with Crippen LogP contribution < -0.4 is 5.11 Å². The number of fused-ring (bicyclic) bond motifs is 1. The molecule has 9 heteroatoms. The lowest BCUT2D eigenvalue weighted by Gasteiger charge is -2.23. The third-order valence-corrected chi connectivity index (χ3v) is 3.50. The van der Waals surface area contributed by atoms with Crippen molar-refractivity contribution in [3.63, 3.8) is 0 Å². The summed E-state index contributed by atoms with van der Waals surface area (Å²) in [6.07, 6.45) is -2.18. The topological polar surface area (TPSA) is 80.1 Å². The van der Waals surface area contributed by atoms with Gasteiger partial charge in [0.1, 0.15) is 5.69 Å². The van der Waals surface area contributed by atoms with E-state index in [-0.39, 0.29) is 11.0 Å². The van der Waals surface area contributed by atoms with Crippen LogP contribution >= 0.6 is 0 Å². The first-order chi connectivity index (χ1) is 10.4. The summed E-state index contributed by atoms with van der Waals surface area (Å²) in [4.78, 5) is 14.9. The van der Waals surface area contributed by atoms with E-state index in [0.717, 1.165) is 18.9 Å². The Kier molecular flexibility index (Phi) is 3.51. The third kappa shape index (κ3) is 2.52. The third-order valence-electron chi connectivity index (χ3n) is 3.50. The highest BCUT2D eigenvalue weighted by Crippen LogP contribution is 2.33.